The highest BCUT2D eigenvalue weighted by molar-refractivity contribution is 6.03. The van der Waals surface area contributed by atoms with Crippen LogP contribution in [0.2, 0.25) is 0 Å². The fraction of sp³-hybridized carbons (Fsp3) is 0.450. The lowest BCUT2D eigenvalue weighted by molar-refractivity contribution is 0.102. The fourth-order valence-electron chi connectivity index (χ4n) is 3.60. The summed E-state index contributed by atoms with van der Waals surface area (Å²) in [6, 6.07) is 7.10. The number of hydrogen-bond donors (Lipinski definition) is 2. The number of nitrogens with one attached hydrogen (secondary N) is 1. The van der Waals surface area contributed by atoms with Crippen LogP contribution in [0.1, 0.15) is 55.1 Å². The van der Waals surface area contributed by atoms with Crippen molar-refractivity contribution in [3.8, 4) is 5.75 Å². The van der Waals surface area contributed by atoms with Gasteiger partial charge >= 0.3 is 0 Å². The van der Waals surface area contributed by atoms with E-state index in [9.17, 15) is 9.90 Å². The van der Waals surface area contributed by atoms with E-state index in [1.54, 1.807) is 24.3 Å². The molecule has 2 aromatic rings. The van der Waals surface area contributed by atoms with E-state index in [0.29, 0.717) is 17.4 Å². The van der Waals surface area contributed by atoms with Gasteiger partial charge in [0.1, 0.15) is 23.6 Å². The number of carbonyl (C=O) groups excluding carboxylic acids is 1. The van der Waals surface area contributed by atoms with Crippen molar-refractivity contribution >= 4 is 17.4 Å². The monoisotopic (exact) mass is 354 g/mol. The number of nitrogens with zero attached hydrogens (tertiary/aromatic N) is 3. The molecule has 1 saturated carbocycles. The van der Waals surface area contributed by atoms with Crippen LogP contribution in [0.4, 0.5) is 11.5 Å². The number of aromatic nitrogens is 2. The van der Waals surface area contributed by atoms with Gasteiger partial charge in [0.2, 0.25) is 0 Å². The molecule has 3 rings (SSSR count). The van der Waals surface area contributed by atoms with E-state index >= 15 is 0 Å². The maximum absolute atomic E-state index is 12.6. The molecule has 0 saturated heterocycles. The largest absolute Gasteiger partial charge is 0.508 e. The molecule has 138 valence electrons. The second-order valence-corrected chi connectivity index (χ2v) is 6.79. The number of hydrogen-bond acceptors (Lipinski definition) is 5. The molecular formula is C20H26N4O2. The van der Waals surface area contributed by atoms with Gasteiger partial charge < -0.3 is 15.3 Å². The molecule has 1 fully saturated rings. The van der Waals surface area contributed by atoms with Crippen molar-refractivity contribution in [1.82, 2.24) is 9.97 Å². The van der Waals surface area contributed by atoms with Crippen molar-refractivity contribution in [3.05, 3.63) is 41.9 Å². The van der Waals surface area contributed by atoms with Gasteiger partial charge in [-0.3, -0.25) is 4.79 Å². The van der Waals surface area contributed by atoms with Gasteiger partial charge in [-0.1, -0.05) is 19.3 Å². The Morgan fingerprint density at radius 3 is 2.69 bits per heavy atom. The minimum atomic E-state index is -0.276. The lowest BCUT2D eigenvalue weighted by atomic mass is 9.94. The van der Waals surface area contributed by atoms with Crippen LogP contribution in [0.25, 0.3) is 0 Å². The molecule has 0 atom stereocenters. The first-order valence-electron chi connectivity index (χ1n) is 9.28. The molecule has 1 heterocycles. The van der Waals surface area contributed by atoms with Gasteiger partial charge in [0, 0.05) is 24.3 Å². The molecule has 1 aliphatic carbocycles. The Kier molecular flexibility index (Phi) is 5.71. The first-order chi connectivity index (χ1) is 12.6. The first-order valence-corrected chi connectivity index (χ1v) is 9.28. The van der Waals surface area contributed by atoms with Crippen LogP contribution in [0.5, 0.6) is 5.75 Å². The predicted octanol–water partition coefficient (Wildman–Crippen LogP) is 3.90. The number of anilines is 2. The third-order valence-corrected chi connectivity index (χ3v) is 4.99. The standard InChI is InChI=1S/C20H26N4O2/c1-3-24(15-7-5-4-6-8-15)19-12-18(21-13-22-19)20(26)23-17-10-9-16(25)11-14(17)2/h9-13,15,25H,3-8H2,1-2H3,(H,23,26). The average molecular weight is 354 g/mol. The maximum Gasteiger partial charge on any atom is 0.274 e. The number of aryl methyl sites for hydroxylation is 1. The summed E-state index contributed by atoms with van der Waals surface area (Å²) in [5, 5.41) is 12.4. The van der Waals surface area contributed by atoms with Gasteiger partial charge in [0.05, 0.1) is 0 Å². The summed E-state index contributed by atoms with van der Waals surface area (Å²) in [5.74, 6) is 0.708. The van der Waals surface area contributed by atoms with Crippen molar-refractivity contribution in [2.45, 2.75) is 52.0 Å². The zero-order valence-electron chi connectivity index (χ0n) is 15.4. The molecule has 0 unspecified atom stereocenters. The summed E-state index contributed by atoms with van der Waals surface area (Å²) in [6.45, 7) is 4.82. The highest BCUT2D eigenvalue weighted by Gasteiger charge is 2.22. The molecule has 0 spiro atoms. The van der Waals surface area contributed by atoms with E-state index in [-0.39, 0.29) is 11.7 Å². The molecule has 1 amide bonds. The summed E-state index contributed by atoms with van der Waals surface area (Å²) in [7, 11) is 0. The van der Waals surface area contributed by atoms with Crippen molar-refractivity contribution in [2.75, 3.05) is 16.8 Å². The number of aromatic hydroxyl groups is 1. The van der Waals surface area contributed by atoms with Crippen molar-refractivity contribution in [3.63, 3.8) is 0 Å². The second-order valence-electron chi connectivity index (χ2n) is 6.79. The van der Waals surface area contributed by atoms with E-state index < -0.39 is 0 Å². The van der Waals surface area contributed by atoms with Crippen LogP contribution in [0.3, 0.4) is 0 Å². The van der Waals surface area contributed by atoms with Crippen LogP contribution < -0.4 is 10.2 Å². The molecule has 1 aromatic heterocycles. The smallest absolute Gasteiger partial charge is 0.274 e. The molecule has 0 aliphatic heterocycles. The van der Waals surface area contributed by atoms with E-state index in [0.717, 1.165) is 17.9 Å². The number of benzene rings is 1. The summed E-state index contributed by atoms with van der Waals surface area (Å²) in [5.41, 5.74) is 1.80. The van der Waals surface area contributed by atoms with Crippen LogP contribution >= 0.6 is 0 Å². The van der Waals surface area contributed by atoms with Gasteiger partial charge in [-0.2, -0.15) is 0 Å². The molecule has 6 heteroatoms. The number of phenolic OH excluding ortho intramolecular Hbond substituents is 1. The fourth-order valence-corrected chi connectivity index (χ4v) is 3.60. The van der Waals surface area contributed by atoms with E-state index in [1.807, 2.05) is 6.92 Å². The summed E-state index contributed by atoms with van der Waals surface area (Å²) < 4.78 is 0. The van der Waals surface area contributed by atoms with Crippen molar-refractivity contribution in [2.24, 2.45) is 0 Å². The molecule has 2 N–H and O–H groups in total. The quantitative estimate of drug-likeness (QED) is 0.796. The number of phenols is 1. The summed E-state index contributed by atoms with van der Waals surface area (Å²) in [4.78, 5) is 23.4. The topological polar surface area (TPSA) is 78.4 Å². The predicted molar refractivity (Wildman–Crippen MR) is 103 cm³/mol. The second kappa shape index (κ2) is 8.17. The van der Waals surface area contributed by atoms with Crippen molar-refractivity contribution < 1.29 is 9.90 Å². The Bertz CT molecular complexity index is 772. The Morgan fingerprint density at radius 1 is 1.23 bits per heavy atom. The Morgan fingerprint density at radius 2 is 2.00 bits per heavy atom. The molecule has 0 radical (unpaired) electrons. The van der Waals surface area contributed by atoms with Crippen LogP contribution in [-0.4, -0.2) is 33.6 Å². The van der Waals surface area contributed by atoms with E-state index in [1.165, 1.54) is 38.4 Å². The molecule has 1 aliphatic rings. The number of rotatable bonds is 5. The first kappa shape index (κ1) is 18.2. The van der Waals surface area contributed by atoms with Crippen LogP contribution in [-0.2, 0) is 0 Å². The van der Waals surface area contributed by atoms with E-state index in [4.69, 9.17) is 0 Å². The van der Waals surface area contributed by atoms with Crippen molar-refractivity contribution in [1.29, 1.82) is 0 Å². The number of carbonyl (C=O) groups is 1. The van der Waals surface area contributed by atoms with Crippen LogP contribution in [0, 0.1) is 6.92 Å². The van der Waals surface area contributed by atoms with Gasteiger partial charge in [0.25, 0.3) is 5.91 Å². The Hall–Kier alpha value is -2.63. The Balaban J connectivity index is 1.78. The average Bonchev–Trinajstić information content (AvgIpc) is 2.66. The zero-order valence-corrected chi connectivity index (χ0v) is 15.4. The SMILES string of the molecule is CCN(c1cc(C(=O)Nc2ccc(O)cc2C)ncn1)C1CCCCC1. The third kappa shape index (κ3) is 4.12. The maximum atomic E-state index is 12.6. The Labute approximate surface area is 154 Å². The summed E-state index contributed by atoms with van der Waals surface area (Å²) >= 11 is 0. The van der Waals surface area contributed by atoms with Gasteiger partial charge in [-0.15, -0.1) is 0 Å². The summed E-state index contributed by atoms with van der Waals surface area (Å²) in [6.07, 6.45) is 7.61. The molecule has 26 heavy (non-hydrogen) atoms. The van der Waals surface area contributed by atoms with Gasteiger partial charge in [0.15, 0.2) is 0 Å². The minimum Gasteiger partial charge on any atom is -0.508 e. The highest BCUT2D eigenvalue weighted by Crippen LogP contribution is 2.26. The molecule has 1 aromatic carbocycles. The number of amides is 1. The minimum absolute atomic E-state index is 0.177. The zero-order chi connectivity index (χ0) is 18.5. The molecule has 6 nitrogen and oxygen atoms in total. The normalized spacial score (nSPS) is 14.8. The van der Waals surface area contributed by atoms with Crippen LogP contribution in [0.15, 0.2) is 30.6 Å². The third-order valence-electron chi connectivity index (χ3n) is 4.99. The lowest BCUT2D eigenvalue weighted by Crippen LogP contribution is -2.37. The van der Waals surface area contributed by atoms with Gasteiger partial charge in [-0.05, 0) is 50.5 Å². The lowest BCUT2D eigenvalue weighted by Gasteiger charge is -2.34. The van der Waals surface area contributed by atoms with Gasteiger partial charge in [-0.25, -0.2) is 9.97 Å². The molecular weight excluding hydrogens is 328 g/mol. The molecule has 0 bridgehead atoms. The van der Waals surface area contributed by atoms with E-state index in [2.05, 4.69) is 27.1 Å². The highest BCUT2D eigenvalue weighted by atomic mass is 16.3.